The first kappa shape index (κ1) is 20.3. The number of fused-ring (bicyclic) bond motifs is 2. The predicted molar refractivity (Wildman–Crippen MR) is 131 cm³/mol. The van der Waals surface area contributed by atoms with Crippen LogP contribution in [0.2, 0.25) is 0 Å². The number of imidazole rings is 1. The quantitative estimate of drug-likeness (QED) is 0.312. The Morgan fingerprint density at radius 2 is 1.66 bits per heavy atom. The Hall–Kier alpha value is -3.64. The summed E-state index contributed by atoms with van der Waals surface area (Å²) in [5.41, 5.74) is 2.48. The fraction of sp³-hybridized carbons (Fsp3) is 0.0769. The molecule has 32 heavy (non-hydrogen) atoms. The Labute approximate surface area is 193 Å². The molecule has 5 nitrogen and oxygen atoms in total. The number of para-hydroxylation sites is 2. The van der Waals surface area contributed by atoms with Crippen LogP contribution in [-0.2, 0) is 17.9 Å². The molecule has 1 heterocycles. The third-order valence-corrected chi connectivity index (χ3v) is 5.78. The van der Waals surface area contributed by atoms with Gasteiger partial charge in [-0.1, -0.05) is 58.4 Å². The fourth-order valence-electron chi connectivity index (χ4n) is 3.69. The number of nitrogens with zero attached hydrogens (tertiary/aromatic N) is 2. The summed E-state index contributed by atoms with van der Waals surface area (Å²) < 4.78 is 8.93. The van der Waals surface area contributed by atoms with E-state index in [0.717, 1.165) is 37.7 Å². The Balaban J connectivity index is 1.38. The monoisotopic (exact) mass is 485 g/mol. The molecule has 1 aromatic heterocycles. The van der Waals surface area contributed by atoms with Gasteiger partial charge in [0, 0.05) is 10.2 Å². The van der Waals surface area contributed by atoms with E-state index in [-0.39, 0.29) is 19.1 Å². The molecule has 4 aromatic carbocycles. The number of rotatable bonds is 6. The van der Waals surface area contributed by atoms with E-state index in [0.29, 0.717) is 5.82 Å². The van der Waals surface area contributed by atoms with E-state index in [4.69, 9.17) is 9.72 Å². The minimum Gasteiger partial charge on any atom is -0.486 e. The highest BCUT2D eigenvalue weighted by Gasteiger charge is 2.14. The summed E-state index contributed by atoms with van der Waals surface area (Å²) >= 11 is 3.41. The van der Waals surface area contributed by atoms with Crippen LogP contribution in [0, 0.1) is 0 Å². The van der Waals surface area contributed by atoms with Gasteiger partial charge in [0.15, 0.2) is 0 Å². The SMILES string of the molecule is O=C(Cn1c(COc2ccc3ccccc3c2)nc2ccccc21)Nc1ccc(Br)cc1. The standard InChI is InChI=1S/C26H20BrN3O2/c27-20-10-12-21(13-11-20)28-26(31)16-30-24-8-4-3-7-23(24)29-25(30)17-32-22-14-9-18-5-1-2-6-19(18)15-22/h1-15H,16-17H2,(H,28,31). The van der Waals surface area contributed by atoms with Gasteiger partial charge in [-0.05, 0) is 59.3 Å². The van der Waals surface area contributed by atoms with Crippen molar-refractivity contribution in [1.29, 1.82) is 0 Å². The molecule has 5 aromatic rings. The highest BCUT2D eigenvalue weighted by atomic mass is 79.9. The molecule has 0 aliphatic heterocycles. The molecule has 5 rings (SSSR count). The molecule has 0 aliphatic rings. The molecule has 1 N–H and O–H groups in total. The lowest BCUT2D eigenvalue weighted by Crippen LogP contribution is -2.20. The molecule has 0 unspecified atom stereocenters. The lowest BCUT2D eigenvalue weighted by atomic mass is 10.1. The van der Waals surface area contributed by atoms with E-state index < -0.39 is 0 Å². The van der Waals surface area contributed by atoms with Gasteiger partial charge < -0.3 is 14.6 Å². The smallest absolute Gasteiger partial charge is 0.244 e. The number of aromatic nitrogens is 2. The van der Waals surface area contributed by atoms with Gasteiger partial charge in [0.25, 0.3) is 0 Å². The first-order chi connectivity index (χ1) is 15.7. The first-order valence-corrected chi connectivity index (χ1v) is 11.1. The molecule has 1 amide bonds. The van der Waals surface area contributed by atoms with Gasteiger partial charge in [-0.25, -0.2) is 4.98 Å². The average Bonchev–Trinajstić information content (AvgIpc) is 3.16. The number of anilines is 1. The third kappa shape index (κ3) is 4.36. The van der Waals surface area contributed by atoms with Gasteiger partial charge in [-0.3, -0.25) is 4.79 Å². The highest BCUT2D eigenvalue weighted by molar-refractivity contribution is 9.10. The summed E-state index contributed by atoms with van der Waals surface area (Å²) in [5.74, 6) is 1.34. The summed E-state index contributed by atoms with van der Waals surface area (Å²) in [7, 11) is 0. The summed E-state index contributed by atoms with van der Waals surface area (Å²) in [4.78, 5) is 17.5. The molecule has 0 saturated heterocycles. The second-order valence-corrected chi connectivity index (χ2v) is 8.37. The van der Waals surface area contributed by atoms with Crippen LogP contribution in [0.15, 0.2) is 95.5 Å². The third-order valence-electron chi connectivity index (χ3n) is 5.25. The normalized spacial score (nSPS) is 11.0. The Kier molecular flexibility index (Phi) is 5.60. The highest BCUT2D eigenvalue weighted by Crippen LogP contribution is 2.23. The molecular formula is C26H20BrN3O2. The van der Waals surface area contributed by atoms with Crippen LogP contribution in [0.4, 0.5) is 5.69 Å². The molecule has 0 fully saturated rings. The van der Waals surface area contributed by atoms with Crippen molar-refractivity contribution in [3.8, 4) is 5.75 Å². The van der Waals surface area contributed by atoms with Gasteiger partial charge in [0.1, 0.15) is 24.7 Å². The van der Waals surface area contributed by atoms with E-state index >= 15 is 0 Å². The molecule has 0 aliphatic carbocycles. The molecule has 0 bridgehead atoms. The predicted octanol–water partition coefficient (Wildman–Crippen LogP) is 6.17. The van der Waals surface area contributed by atoms with Crippen molar-refractivity contribution >= 4 is 49.3 Å². The topological polar surface area (TPSA) is 56.2 Å². The Morgan fingerprint density at radius 1 is 0.906 bits per heavy atom. The van der Waals surface area contributed by atoms with Crippen LogP contribution in [0.5, 0.6) is 5.75 Å². The largest absolute Gasteiger partial charge is 0.486 e. The number of benzene rings is 4. The van der Waals surface area contributed by atoms with Gasteiger partial charge in [0.2, 0.25) is 5.91 Å². The van der Waals surface area contributed by atoms with Gasteiger partial charge >= 0.3 is 0 Å². The molecule has 158 valence electrons. The van der Waals surface area contributed by atoms with Crippen molar-refractivity contribution in [2.75, 3.05) is 5.32 Å². The van der Waals surface area contributed by atoms with Crippen LogP contribution in [0.1, 0.15) is 5.82 Å². The maximum atomic E-state index is 12.8. The van der Waals surface area contributed by atoms with Crippen molar-refractivity contribution < 1.29 is 9.53 Å². The number of carbonyl (C=O) groups excluding carboxylic acids is 1. The number of carbonyl (C=O) groups is 1. The van der Waals surface area contributed by atoms with Crippen molar-refractivity contribution in [3.63, 3.8) is 0 Å². The van der Waals surface area contributed by atoms with E-state index in [1.165, 1.54) is 0 Å². The molecule has 0 radical (unpaired) electrons. The summed E-state index contributed by atoms with van der Waals surface area (Å²) in [6, 6.07) is 29.5. The van der Waals surface area contributed by atoms with Gasteiger partial charge in [-0.15, -0.1) is 0 Å². The summed E-state index contributed by atoms with van der Waals surface area (Å²) in [6.07, 6.45) is 0. The first-order valence-electron chi connectivity index (χ1n) is 10.3. The molecular weight excluding hydrogens is 466 g/mol. The van der Waals surface area contributed by atoms with Crippen molar-refractivity contribution in [3.05, 3.63) is 101 Å². The molecule has 0 saturated carbocycles. The van der Waals surface area contributed by atoms with Crippen LogP contribution in [0.3, 0.4) is 0 Å². The van der Waals surface area contributed by atoms with Crippen molar-refractivity contribution in [1.82, 2.24) is 9.55 Å². The van der Waals surface area contributed by atoms with Crippen LogP contribution in [0.25, 0.3) is 21.8 Å². The average molecular weight is 486 g/mol. The second kappa shape index (κ2) is 8.85. The summed E-state index contributed by atoms with van der Waals surface area (Å²) in [6.45, 7) is 0.408. The second-order valence-electron chi connectivity index (χ2n) is 7.46. The maximum Gasteiger partial charge on any atom is 0.244 e. The van der Waals surface area contributed by atoms with Crippen LogP contribution in [-0.4, -0.2) is 15.5 Å². The molecule has 6 heteroatoms. The Morgan fingerprint density at radius 3 is 2.50 bits per heavy atom. The van der Waals surface area contributed by atoms with Crippen LogP contribution >= 0.6 is 15.9 Å². The Bertz CT molecular complexity index is 1410. The van der Waals surface area contributed by atoms with Crippen molar-refractivity contribution in [2.45, 2.75) is 13.2 Å². The lowest BCUT2D eigenvalue weighted by molar-refractivity contribution is -0.116. The number of halogens is 1. The van der Waals surface area contributed by atoms with E-state index in [9.17, 15) is 4.79 Å². The van der Waals surface area contributed by atoms with Gasteiger partial charge in [-0.2, -0.15) is 0 Å². The van der Waals surface area contributed by atoms with E-state index in [1.807, 2.05) is 83.4 Å². The molecule has 0 atom stereocenters. The summed E-state index contributed by atoms with van der Waals surface area (Å²) in [5, 5.41) is 5.23. The number of ether oxygens (including phenoxy) is 1. The number of hydrogen-bond donors (Lipinski definition) is 1. The molecule has 0 spiro atoms. The zero-order chi connectivity index (χ0) is 21.9. The number of amides is 1. The van der Waals surface area contributed by atoms with E-state index in [1.54, 1.807) is 0 Å². The minimum absolute atomic E-state index is 0.123. The maximum absolute atomic E-state index is 12.8. The van der Waals surface area contributed by atoms with Crippen molar-refractivity contribution in [2.24, 2.45) is 0 Å². The van der Waals surface area contributed by atoms with Crippen LogP contribution < -0.4 is 10.1 Å². The van der Waals surface area contributed by atoms with E-state index in [2.05, 4.69) is 33.4 Å². The number of hydrogen-bond acceptors (Lipinski definition) is 3. The zero-order valence-electron chi connectivity index (χ0n) is 17.2. The fourth-order valence-corrected chi connectivity index (χ4v) is 3.96. The van der Waals surface area contributed by atoms with Gasteiger partial charge in [0.05, 0.1) is 11.0 Å². The zero-order valence-corrected chi connectivity index (χ0v) is 18.7. The number of nitrogens with one attached hydrogen (secondary N) is 1. The lowest BCUT2D eigenvalue weighted by Gasteiger charge is -2.11. The minimum atomic E-state index is -0.123.